The zero-order chi connectivity index (χ0) is 13.8. The molecule has 0 aliphatic carbocycles. The van der Waals surface area contributed by atoms with E-state index in [2.05, 4.69) is 33.0 Å². The minimum absolute atomic E-state index is 0.340. The van der Waals surface area contributed by atoms with Gasteiger partial charge in [-0.25, -0.2) is 4.39 Å². The molecule has 1 heterocycles. The van der Waals surface area contributed by atoms with Crippen LogP contribution < -0.4 is 5.73 Å². The van der Waals surface area contributed by atoms with Gasteiger partial charge in [0.25, 0.3) is 0 Å². The smallest absolute Gasteiger partial charge is 0.226 e. The van der Waals surface area contributed by atoms with E-state index in [4.69, 9.17) is 10.3 Å². The lowest BCUT2D eigenvalue weighted by Crippen LogP contribution is -2.11. The van der Waals surface area contributed by atoms with Gasteiger partial charge in [-0.2, -0.15) is 4.98 Å². The Morgan fingerprint density at radius 2 is 2.21 bits per heavy atom. The Hall–Kier alpha value is -1.27. The number of rotatable bonds is 5. The van der Waals surface area contributed by atoms with Gasteiger partial charge in [-0.1, -0.05) is 28.0 Å². The molecule has 0 saturated heterocycles. The first-order chi connectivity index (χ1) is 9.08. The molecular weight excluding hydrogens is 313 g/mol. The summed E-state index contributed by atoms with van der Waals surface area (Å²) in [5, 5.41) is 3.87. The highest BCUT2D eigenvalue weighted by molar-refractivity contribution is 9.10. The lowest BCUT2D eigenvalue weighted by atomic mass is 10.1. The maximum absolute atomic E-state index is 13.3. The van der Waals surface area contributed by atoms with Crippen LogP contribution in [0.15, 0.2) is 27.2 Å². The van der Waals surface area contributed by atoms with Crippen molar-refractivity contribution in [2.75, 3.05) is 6.54 Å². The Morgan fingerprint density at radius 3 is 2.89 bits per heavy atom. The molecule has 2 aromatic rings. The Bertz CT molecular complexity index is 538. The van der Waals surface area contributed by atoms with Crippen molar-refractivity contribution in [3.63, 3.8) is 0 Å². The van der Waals surface area contributed by atoms with Gasteiger partial charge in [0.05, 0.1) is 0 Å². The van der Waals surface area contributed by atoms with Crippen molar-refractivity contribution in [1.29, 1.82) is 0 Å². The molecule has 4 nitrogen and oxygen atoms in total. The Labute approximate surface area is 119 Å². The molecule has 0 fully saturated rings. The van der Waals surface area contributed by atoms with Gasteiger partial charge in [-0.15, -0.1) is 0 Å². The molecule has 19 heavy (non-hydrogen) atoms. The highest BCUT2D eigenvalue weighted by Crippen LogP contribution is 2.22. The number of halogens is 2. The zero-order valence-electron chi connectivity index (χ0n) is 10.6. The summed E-state index contributed by atoms with van der Waals surface area (Å²) in [5.74, 6) is 1.03. The lowest BCUT2D eigenvalue weighted by molar-refractivity contribution is 0.366. The summed E-state index contributed by atoms with van der Waals surface area (Å²) >= 11 is 3.24. The third kappa shape index (κ3) is 3.84. The summed E-state index contributed by atoms with van der Waals surface area (Å²) in [6.45, 7) is 2.71. The average molecular weight is 328 g/mol. The molecule has 0 aliphatic heterocycles. The van der Waals surface area contributed by atoms with Gasteiger partial charge < -0.3 is 10.3 Å². The number of nitrogens with two attached hydrogens (primary N) is 1. The van der Waals surface area contributed by atoms with Gasteiger partial charge in [-0.05, 0) is 37.1 Å². The van der Waals surface area contributed by atoms with E-state index in [-0.39, 0.29) is 5.82 Å². The third-order valence-corrected chi connectivity index (χ3v) is 3.30. The SMILES string of the molecule is CC(CN)CCc1nc(-c2cc(F)cc(Br)c2)no1. The summed E-state index contributed by atoms with van der Waals surface area (Å²) in [7, 11) is 0. The van der Waals surface area contributed by atoms with Crippen molar-refractivity contribution in [2.24, 2.45) is 11.7 Å². The Morgan fingerprint density at radius 1 is 1.42 bits per heavy atom. The van der Waals surface area contributed by atoms with Gasteiger partial charge in [-0.3, -0.25) is 0 Å². The van der Waals surface area contributed by atoms with Gasteiger partial charge in [0.1, 0.15) is 5.82 Å². The van der Waals surface area contributed by atoms with Crippen LogP contribution in [0.2, 0.25) is 0 Å². The minimum atomic E-state index is -0.340. The highest BCUT2D eigenvalue weighted by Gasteiger charge is 2.11. The van der Waals surface area contributed by atoms with Crippen molar-refractivity contribution >= 4 is 15.9 Å². The van der Waals surface area contributed by atoms with E-state index in [0.29, 0.717) is 40.6 Å². The molecule has 0 spiro atoms. The van der Waals surface area contributed by atoms with E-state index in [0.717, 1.165) is 6.42 Å². The van der Waals surface area contributed by atoms with Crippen LogP contribution in [0.4, 0.5) is 4.39 Å². The number of aryl methyl sites for hydroxylation is 1. The van der Waals surface area contributed by atoms with Crippen molar-refractivity contribution in [2.45, 2.75) is 19.8 Å². The number of nitrogens with zero attached hydrogens (tertiary/aromatic N) is 2. The summed E-state index contributed by atoms with van der Waals surface area (Å²) in [5.41, 5.74) is 6.14. The molecule has 0 radical (unpaired) electrons. The van der Waals surface area contributed by atoms with Crippen LogP contribution in [-0.2, 0) is 6.42 Å². The minimum Gasteiger partial charge on any atom is -0.339 e. The maximum Gasteiger partial charge on any atom is 0.226 e. The van der Waals surface area contributed by atoms with Crippen molar-refractivity contribution in [1.82, 2.24) is 10.1 Å². The molecular formula is C13H15BrFN3O. The first kappa shape index (κ1) is 14.1. The molecule has 1 atom stereocenters. The fraction of sp³-hybridized carbons (Fsp3) is 0.385. The van der Waals surface area contributed by atoms with Gasteiger partial charge in [0.2, 0.25) is 11.7 Å². The Balaban J connectivity index is 2.12. The van der Waals surface area contributed by atoms with E-state index in [1.165, 1.54) is 12.1 Å². The molecule has 102 valence electrons. The van der Waals surface area contributed by atoms with Crippen molar-refractivity contribution in [3.8, 4) is 11.4 Å². The van der Waals surface area contributed by atoms with Crippen LogP contribution in [0.25, 0.3) is 11.4 Å². The van der Waals surface area contributed by atoms with Crippen LogP contribution in [-0.4, -0.2) is 16.7 Å². The van der Waals surface area contributed by atoms with E-state index in [1.807, 2.05) is 0 Å². The summed E-state index contributed by atoms with van der Waals surface area (Å²) < 4.78 is 19.1. The number of aromatic nitrogens is 2. The molecule has 0 amide bonds. The van der Waals surface area contributed by atoms with Crippen LogP contribution >= 0.6 is 15.9 Å². The lowest BCUT2D eigenvalue weighted by Gasteiger charge is -2.03. The van der Waals surface area contributed by atoms with Gasteiger partial charge in [0, 0.05) is 16.5 Å². The van der Waals surface area contributed by atoms with Crippen LogP contribution in [0.1, 0.15) is 19.2 Å². The van der Waals surface area contributed by atoms with E-state index < -0.39 is 0 Å². The standard InChI is InChI=1S/C13H15BrFN3O/c1-8(7-16)2-3-12-17-13(18-19-12)9-4-10(14)6-11(15)5-9/h4-6,8H,2-3,7,16H2,1H3. The molecule has 6 heteroatoms. The summed E-state index contributed by atoms with van der Waals surface area (Å²) in [4.78, 5) is 4.26. The molecule has 1 aromatic carbocycles. The third-order valence-electron chi connectivity index (χ3n) is 2.84. The normalized spacial score (nSPS) is 12.6. The predicted octanol–water partition coefficient (Wildman–Crippen LogP) is 3.17. The molecule has 2 rings (SSSR count). The number of benzene rings is 1. The van der Waals surface area contributed by atoms with Gasteiger partial charge >= 0.3 is 0 Å². The molecule has 1 unspecified atom stereocenters. The fourth-order valence-corrected chi connectivity index (χ4v) is 2.11. The molecule has 0 bridgehead atoms. The summed E-state index contributed by atoms with van der Waals surface area (Å²) in [6, 6.07) is 4.51. The quantitative estimate of drug-likeness (QED) is 0.916. The summed E-state index contributed by atoms with van der Waals surface area (Å²) in [6.07, 6.45) is 1.58. The second kappa shape index (κ2) is 6.25. The zero-order valence-corrected chi connectivity index (χ0v) is 12.2. The second-order valence-corrected chi connectivity index (χ2v) is 5.47. The van der Waals surface area contributed by atoms with Crippen LogP contribution in [0.3, 0.4) is 0 Å². The highest BCUT2D eigenvalue weighted by atomic mass is 79.9. The number of hydrogen-bond donors (Lipinski definition) is 1. The topological polar surface area (TPSA) is 64.9 Å². The Kier molecular flexibility index (Phi) is 4.66. The fourth-order valence-electron chi connectivity index (χ4n) is 1.64. The molecule has 0 aliphatic rings. The number of hydrogen-bond acceptors (Lipinski definition) is 4. The largest absolute Gasteiger partial charge is 0.339 e. The van der Waals surface area contributed by atoms with Crippen molar-refractivity contribution in [3.05, 3.63) is 34.4 Å². The molecule has 1 aromatic heterocycles. The first-order valence-corrected chi connectivity index (χ1v) is 6.87. The van der Waals surface area contributed by atoms with E-state index >= 15 is 0 Å². The second-order valence-electron chi connectivity index (χ2n) is 4.55. The van der Waals surface area contributed by atoms with E-state index in [9.17, 15) is 4.39 Å². The molecule has 0 saturated carbocycles. The van der Waals surface area contributed by atoms with Crippen LogP contribution in [0, 0.1) is 11.7 Å². The maximum atomic E-state index is 13.3. The predicted molar refractivity (Wildman–Crippen MR) is 73.9 cm³/mol. The molecule has 2 N–H and O–H groups in total. The van der Waals surface area contributed by atoms with Crippen LogP contribution in [0.5, 0.6) is 0 Å². The average Bonchev–Trinajstić information content (AvgIpc) is 2.83. The monoisotopic (exact) mass is 327 g/mol. The van der Waals surface area contributed by atoms with Crippen molar-refractivity contribution < 1.29 is 8.91 Å². The van der Waals surface area contributed by atoms with Gasteiger partial charge in [0.15, 0.2) is 0 Å². The van der Waals surface area contributed by atoms with E-state index in [1.54, 1.807) is 6.07 Å². The first-order valence-electron chi connectivity index (χ1n) is 6.07.